The maximum atomic E-state index is 13.2. The van der Waals surface area contributed by atoms with Crippen LogP contribution in [-0.4, -0.2) is 84.4 Å². The van der Waals surface area contributed by atoms with Crippen molar-refractivity contribution in [1.82, 2.24) is 44.6 Å². The van der Waals surface area contributed by atoms with E-state index in [1.807, 2.05) is 23.1 Å². The van der Waals surface area contributed by atoms with Gasteiger partial charge in [-0.3, -0.25) is 19.9 Å². The molecule has 5 aromatic rings. The average Bonchev–Trinajstić information content (AvgIpc) is 3.75. The summed E-state index contributed by atoms with van der Waals surface area (Å²) in [6, 6.07) is 5.37. The van der Waals surface area contributed by atoms with Crippen molar-refractivity contribution in [2.24, 2.45) is 0 Å². The van der Waals surface area contributed by atoms with E-state index in [1.54, 1.807) is 31.9 Å². The SMILES string of the molecule is COc1cc(-c2cnn3c(N)c(S(C)(=O)=O)c(C4CC5CCC(C4)N5C(=O)c4ncn[nH]4)nc23)cnc1-c1cccnc1. The Balaban J connectivity index is 1.31. The minimum absolute atomic E-state index is 0.00633. The highest BCUT2D eigenvalue weighted by atomic mass is 32.2. The van der Waals surface area contributed by atoms with Crippen molar-refractivity contribution in [3.63, 3.8) is 0 Å². The van der Waals surface area contributed by atoms with E-state index in [1.165, 1.54) is 10.8 Å². The lowest BCUT2D eigenvalue weighted by Crippen LogP contribution is -2.46. The monoisotopic (exact) mass is 600 g/mol. The Morgan fingerprint density at radius 2 is 1.91 bits per heavy atom. The van der Waals surface area contributed by atoms with E-state index >= 15 is 0 Å². The first-order valence-corrected chi connectivity index (χ1v) is 15.6. The zero-order valence-corrected chi connectivity index (χ0v) is 24.2. The summed E-state index contributed by atoms with van der Waals surface area (Å²) in [4.78, 5) is 32.8. The second kappa shape index (κ2) is 10.1. The fourth-order valence-corrected chi connectivity index (χ4v) is 7.57. The van der Waals surface area contributed by atoms with Gasteiger partial charge in [0.15, 0.2) is 15.5 Å². The number of aromatic nitrogens is 8. The van der Waals surface area contributed by atoms with Gasteiger partial charge in [-0.25, -0.2) is 18.4 Å². The normalized spacial score (nSPS) is 20.0. The maximum Gasteiger partial charge on any atom is 0.291 e. The molecule has 43 heavy (non-hydrogen) atoms. The summed E-state index contributed by atoms with van der Waals surface area (Å²) in [5.74, 6) is 0.276. The summed E-state index contributed by atoms with van der Waals surface area (Å²) < 4.78 is 33.3. The van der Waals surface area contributed by atoms with Crippen LogP contribution in [0.5, 0.6) is 5.75 Å². The molecule has 2 unspecified atom stereocenters. The second-order valence-corrected chi connectivity index (χ2v) is 12.8. The van der Waals surface area contributed by atoms with Gasteiger partial charge in [-0.15, -0.1) is 0 Å². The van der Waals surface area contributed by atoms with Crippen molar-refractivity contribution in [1.29, 1.82) is 0 Å². The van der Waals surface area contributed by atoms with Gasteiger partial charge < -0.3 is 15.4 Å². The minimum Gasteiger partial charge on any atom is -0.494 e. The summed E-state index contributed by atoms with van der Waals surface area (Å²) in [6.07, 6.45) is 11.8. The number of nitrogen functional groups attached to an aromatic ring is 1. The Morgan fingerprint density at radius 1 is 1.12 bits per heavy atom. The fraction of sp³-hybridized carbons (Fsp3) is 0.321. The number of nitrogens with two attached hydrogens (primary N) is 1. The molecule has 7 rings (SSSR count). The third kappa shape index (κ3) is 4.47. The van der Waals surface area contributed by atoms with Crippen LogP contribution in [0.4, 0.5) is 5.82 Å². The summed E-state index contributed by atoms with van der Waals surface area (Å²) in [7, 11) is -2.21. The first kappa shape index (κ1) is 26.9. The van der Waals surface area contributed by atoms with Crippen LogP contribution in [0.15, 0.2) is 54.2 Å². The van der Waals surface area contributed by atoms with Gasteiger partial charge in [-0.2, -0.15) is 14.7 Å². The van der Waals surface area contributed by atoms with Gasteiger partial charge in [0.1, 0.15) is 28.5 Å². The summed E-state index contributed by atoms with van der Waals surface area (Å²) in [6.45, 7) is 0. The molecule has 2 saturated heterocycles. The molecule has 15 heteroatoms. The summed E-state index contributed by atoms with van der Waals surface area (Å²) in [5, 5.41) is 10.9. The van der Waals surface area contributed by atoms with Crippen LogP contribution < -0.4 is 10.5 Å². The molecule has 5 aromatic heterocycles. The van der Waals surface area contributed by atoms with Gasteiger partial charge >= 0.3 is 0 Å². The molecule has 0 aromatic carbocycles. The number of nitrogens with one attached hydrogen (secondary N) is 1. The topological polar surface area (TPSA) is 187 Å². The number of sulfone groups is 1. The van der Waals surface area contributed by atoms with E-state index < -0.39 is 9.84 Å². The van der Waals surface area contributed by atoms with Crippen LogP contribution in [0.3, 0.4) is 0 Å². The number of anilines is 1. The number of nitrogens with zero attached hydrogens (tertiary/aromatic N) is 8. The van der Waals surface area contributed by atoms with Gasteiger partial charge in [0, 0.05) is 59.5 Å². The van der Waals surface area contributed by atoms with Crippen LogP contribution in [0.1, 0.15) is 47.9 Å². The van der Waals surface area contributed by atoms with Crippen LogP contribution in [0, 0.1) is 0 Å². The van der Waals surface area contributed by atoms with Crippen molar-refractivity contribution in [3.8, 4) is 28.1 Å². The third-order valence-electron chi connectivity index (χ3n) is 8.32. The van der Waals surface area contributed by atoms with Crippen molar-refractivity contribution in [2.75, 3.05) is 19.1 Å². The van der Waals surface area contributed by atoms with Gasteiger partial charge in [0.25, 0.3) is 5.91 Å². The molecule has 2 aliphatic rings. The number of pyridine rings is 2. The number of carbonyl (C=O) groups is 1. The Labute approximate surface area is 246 Å². The quantitative estimate of drug-likeness (QED) is 0.291. The number of fused-ring (bicyclic) bond motifs is 3. The van der Waals surface area contributed by atoms with E-state index in [0.717, 1.165) is 24.7 Å². The third-order valence-corrected chi connectivity index (χ3v) is 9.48. The fourth-order valence-electron chi connectivity index (χ4n) is 6.51. The summed E-state index contributed by atoms with van der Waals surface area (Å²) in [5.41, 5.74) is 10.1. The molecule has 2 bridgehead atoms. The Kier molecular flexibility index (Phi) is 6.34. The maximum absolute atomic E-state index is 13.2. The number of rotatable bonds is 6. The van der Waals surface area contributed by atoms with Gasteiger partial charge in [0.05, 0.1) is 19.0 Å². The molecule has 0 spiro atoms. The molecule has 1 amide bonds. The predicted molar refractivity (Wildman–Crippen MR) is 155 cm³/mol. The first-order valence-electron chi connectivity index (χ1n) is 13.7. The Morgan fingerprint density at radius 3 is 2.56 bits per heavy atom. The molecule has 2 aliphatic heterocycles. The van der Waals surface area contributed by atoms with Crippen molar-refractivity contribution < 1.29 is 17.9 Å². The second-order valence-electron chi connectivity index (χ2n) is 10.9. The lowest BCUT2D eigenvalue weighted by atomic mass is 9.87. The molecule has 14 nitrogen and oxygen atoms in total. The van der Waals surface area contributed by atoms with Crippen molar-refractivity contribution in [2.45, 2.75) is 48.6 Å². The number of methoxy groups -OCH3 is 1. The van der Waals surface area contributed by atoms with Gasteiger partial charge in [0.2, 0.25) is 5.82 Å². The van der Waals surface area contributed by atoms with Gasteiger partial charge in [-0.1, -0.05) is 0 Å². The highest BCUT2D eigenvalue weighted by Gasteiger charge is 2.46. The van der Waals surface area contributed by atoms with Crippen LogP contribution in [-0.2, 0) is 9.84 Å². The standard InChI is InChI=1S/C28H28N10O4S/c1-42-21-10-17(12-31-22(21)15-4-3-7-30-11-15)20-13-34-38-25(29)24(43(2,40)41)23(35-27(20)38)16-8-18-5-6-19(9-16)37(18)28(39)26-32-14-33-36-26/h3-4,7,10-14,16,18-19H,5-6,8-9,29H2,1-2H3,(H,32,33,36). The molecule has 3 N–H and O–H groups in total. The van der Waals surface area contributed by atoms with Crippen molar-refractivity contribution >= 4 is 27.2 Å². The van der Waals surface area contributed by atoms with E-state index in [0.29, 0.717) is 46.8 Å². The molecule has 7 heterocycles. The molecule has 2 atom stereocenters. The van der Waals surface area contributed by atoms with Crippen LogP contribution in [0.2, 0.25) is 0 Å². The first-order chi connectivity index (χ1) is 20.7. The van der Waals surface area contributed by atoms with Crippen LogP contribution >= 0.6 is 0 Å². The molecular formula is C28H28N10O4S. The largest absolute Gasteiger partial charge is 0.494 e. The Bertz CT molecular complexity index is 1950. The molecule has 2 fully saturated rings. The van der Waals surface area contributed by atoms with Gasteiger partial charge in [-0.05, 0) is 43.9 Å². The zero-order chi connectivity index (χ0) is 29.9. The summed E-state index contributed by atoms with van der Waals surface area (Å²) >= 11 is 0. The molecule has 220 valence electrons. The number of ether oxygens (including phenoxy) is 1. The smallest absolute Gasteiger partial charge is 0.291 e. The highest BCUT2D eigenvalue weighted by molar-refractivity contribution is 7.91. The van der Waals surface area contributed by atoms with E-state index in [-0.39, 0.29) is 40.4 Å². The number of piperidine rings is 1. The zero-order valence-electron chi connectivity index (χ0n) is 23.4. The average molecular weight is 601 g/mol. The van der Waals surface area contributed by atoms with Crippen molar-refractivity contribution in [3.05, 3.63) is 60.8 Å². The Hall–Kier alpha value is -4.92. The van der Waals surface area contributed by atoms with E-state index in [4.69, 9.17) is 15.5 Å². The lowest BCUT2D eigenvalue weighted by molar-refractivity contribution is 0.0556. The minimum atomic E-state index is -3.78. The molecule has 0 aliphatic carbocycles. The lowest BCUT2D eigenvalue weighted by Gasteiger charge is -2.38. The molecular weight excluding hydrogens is 572 g/mol. The molecule has 0 saturated carbocycles. The van der Waals surface area contributed by atoms with E-state index in [9.17, 15) is 13.2 Å². The molecule has 0 radical (unpaired) electrons. The highest BCUT2D eigenvalue weighted by Crippen LogP contribution is 2.46. The number of hydrogen-bond acceptors (Lipinski definition) is 11. The number of amides is 1. The number of carbonyl (C=O) groups excluding carboxylic acids is 1. The number of H-pyrrole nitrogens is 1. The number of hydrogen-bond donors (Lipinski definition) is 2. The van der Waals surface area contributed by atoms with Crippen LogP contribution in [0.25, 0.3) is 28.0 Å². The predicted octanol–water partition coefficient (Wildman–Crippen LogP) is 2.52. The van der Waals surface area contributed by atoms with E-state index in [2.05, 4.69) is 30.2 Å². The number of aromatic amines is 1.